The molecule has 0 atom stereocenters. The summed E-state index contributed by atoms with van der Waals surface area (Å²) < 4.78 is 12.0. The van der Waals surface area contributed by atoms with E-state index in [1.54, 1.807) is 55.2 Å². The number of aromatic nitrogens is 3. The van der Waals surface area contributed by atoms with Gasteiger partial charge in [0.25, 0.3) is 0 Å². The van der Waals surface area contributed by atoms with Crippen LogP contribution in [0.5, 0.6) is 5.75 Å². The van der Waals surface area contributed by atoms with Crippen molar-refractivity contribution < 1.29 is 19.1 Å². The van der Waals surface area contributed by atoms with Gasteiger partial charge in [0.05, 0.1) is 36.2 Å². The van der Waals surface area contributed by atoms with Gasteiger partial charge >= 0.3 is 5.97 Å². The third kappa shape index (κ3) is 5.32. The second-order valence-corrected chi connectivity index (χ2v) is 7.92. The number of rotatable bonds is 8. The number of carbonyl (C=O) groups is 2. The molecular weight excluding hydrogens is 440 g/mol. The first-order chi connectivity index (χ1) is 16.1. The molecule has 0 aliphatic rings. The molecule has 0 aliphatic heterocycles. The lowest BCUT2D eigenvalue weighted by molar-refractivity contribution is -0.113. The van der Waals surface area contributed by atoms with Gasteiger partial charge in [0.1, 0.15) is 10.8 Å². The molecule has 2 aromatic carbocycles. The zero-order valence-corrected chi connectivity index (χ0v) is 19.0. The second-order valence-electron chi connectivity index (χ2n) is 6.96. The minimum Gasteiger partial charge on any atom is -0.497 e. The van der Waals surface area contributed by atoms with E-state index in [-0.39, 0.29) is 11.7 Å². The lowest BCUT2D eigenvalue weighted by atomic mass is 10.1. The highest BCUT2D eigenvalue weighted by Crippen LogP contribution is 2.27. The summed E-state index contributed by atoms with van der Waals surface area (Å²) >= 11 is 1.31. The van der Waals surface area contributed by atoms with Crippen molar-refractivity contribution in [3.63, 3.8) is 0 Å². The SMILES string of the molecule is CCOC(=O)c1cccc(NC(=O)CSc2nccn3nc(-c4ccc(OC)cc4)cc23)c1. The summed E-state index contributed by atoms with van der Waals surface area (Å²) in [5.41, 5.74) is 3.48. The Morgan fingerprint density at radius 1 is 1.12 bits per heavy atom. The predicted molar refractivity (Wildman–Crippen MR) is 127 cm³/mol. The fraction of sp³-hybridized carbons (Fsp3) is 0.167. The first-order valence-corrected chi connectivity index (χ1v) is 11.2. The van der Waals surface area contributed by atoms with E-state index >= 15 is 0 Å². The first kappa shape index (κ1) is 22.3. The molecule has 0 aliphatic carbocycles. The Bertz CT molecular complexity index is 1290. The van der Waals surface area contributed by atoms with Crippen LogP contribution < -0.4 is 10.1 Å². The standard InChI is InChI=1S/C24H22N4O4S/c1-3-32-24(30)17-5-4-6-18(13-17)26-22(29)15-33-23-21-14-20(27-28(21)12-11-25-23)16-7-9-19(31-2)10-8-16/h4-14H,3,15H2,1-2H3,(H,26,29). The molecule has 1 N–H and O–H groups in total. The van der Waals surface area contributed by atoms with Gasteiger partial charge in [0.15, 0.2) is 0 Å². The Kier molecular flexibility index (Phi) is 6.89. The van der Waals surface area contributed by atoms with Crippen LogP contribution in [0.1, 0.15) is 17.3 Å². The van der Waals surface area contributed by atoms with Crippen LogP contribution in [0.25, 0.3) is 16.8 Å². The molecule has 0 saturated carbocycles. The molecule has 2 aromatic heterocycles. The third-order valence-corrected chi connectivity index (χ3v) is 5.73. The van der Waals surface area contributed by atoms with Crippen LogP contribution in [-0.4, -0.2) is 45.9 Å². The molecule has 4 rings (SSSR count). The van der Waals surface area contributed by atoms with Gasteiger partial charge in [-0.15, -0.1) is 0 Å². The highest BCUT2D eigenvalue weighted by atomic mass is 32.2. The number of ether oxygens (including phenoxy) is 2. The monoisotopic (exact) mass is 462 g/mol. The summed E-state index contributed by atoms with van der Waals surface area (Å²) in [4.78, 5) is 28.8. The number of fused-ring (bicyclic) bond motifs is 1. The molecule has 8 nitrogen and oxygen atoms in total. The van der Waals surface area contributed by atoms with Crippen molar-refractivity contribution in [1.29, 1.82) is 0 Å². The summed E-state index contributed by atoms with van der Waals surface area (Å²) in [7, 11) is 1.63. The Hall–Kier alpha value is -3.85. The lowest BCUT2D eigenvalue weighted by Crippen LogP contribution is -2.15. The van der Waals surface area contributed by atoms with Crippen LogP contribution in [-0.2, 0) is 9.53 Å². The van der Waals surface area contributed by atoms with E-state index in [0.29, 0.717) is 22.9 Å². The number of nitrogens with zero attached hydrogens (tertiary/aromatic N) is 3. The fourth-order valence-corrected chi connectivity index (χ4v) is 3.96. The number of carbonyl (C=O) groups excluding carboxylic acids is 2. The minimum absolute atomic E-state index is 0.152. The van der Waals surface area contributed by atoms with E-state index < -0.39 is 5.97 Å². The number of anilines is 1. The average molecular weight is 463 g/mol. The van der Waals surface area contributed by atoms with Crippen molar-refractivity contribution >= 4 is 34.8 Å². The largest absolute Gasteiger partial charge is 0.497 e. The molecule has 2 heterocycles. The molecule has 0 saturated heterocycles. The second kappa shape index (κ2) is 10.2. The van der Waals surface area contributed by atoms with Gasteiger partial charge in [0.2, 0.25) is 5.91 Å². The normalized spacial score (nSPS) is 10.7. The van der Waals surface area contributed by atoms with Crippen LogP contribution in [0.3, 0.4) is 0 Å². The molecule has 1 amide bonds. The molecule has 0 spiro atoms. The zero-order valence-electron chi connectivity index (χ0n) is 18.1. The van der Waals surface area contributed by atoms with Crippen LogP contribution in [0, 0.1) is 0 Å². The number of methoxy groups -OCH3 is 1. The number of hydrogen-bond acceptors (Lipinski definition) is 7. The maximum atomic E-state index is 12.5. The van der Waals surface area contributed by atoms with Crippen molar-refractivity contribution in [3.8, 4) is 17.0 Å². The Morgan fingerprint density at radius 2 is 1.94 bits per heavy atom. The van der Waals surface area contributed by atoms with E-state index in [0.717, 1.165) is 22.5 Å². The zero-order chi connectivity index (χ0) is 23.2. The van der Waals surface area contributed by atoms with Crippen LogP contribution in [0.2, 0.25) is 0 Å². The van der Waals surface area contributed by atoms with Gasteiger partial charge in [-0.05, 0) is 55.5 Å². The fourth-order valence-electron chi connectivity index (χ4n) is 3.18. The molecule has 0 bridgehead atoms. The summed E-state index contributed by atoms with van der Waals surface area (Å²) in [6, 6.07) is 16.3. The van der Waals surface area contributed by atoms with Crippen molar-refractivity contribution in [2.45, 2.75) is 11.9 Å². The maximum absolute atomic E-state index is 12.5. The summed E-state index contributed by atoms with van der Waals surface area (Å²) in [6.07, 6.45) is 3.42. The van der Waals surface area contributed by atoms with Gasteiger partial charge in [-0.1, -0.05) is 17.8 Å². The van der Waals surface area contributed by atoms with Gasteiger partial charge in [-0.3, -0.25) is 4.79 Å². The number of esters is 1. The van der Waals surface area contributed by atoms with Crippen LogP contribution >= 0.6 is 11.8 Å². The predicted octanol–water partition coefficient (Wildman–Crippen LogP) is 4.31. The smallest absolute Gasteiger partial charge is 0.338 e. The van der Waals surface area contributed by atoms with Crippen LogP contribution in [0.4, 0.5) is 5.69 Å². The molecule has 0 radical (unpaired) electrons. The Morgan fingerprint density at radius 3 is 2.70 bits per heavy atom. The maximum Gasteiger partial charge on any atom is 0.338 e. The highest BCUT2D eigenvalue weighted by molar-refractivity contribution is 8.00. The number of nitrogens with one attached hydrogen (secondary N) is 1. The minimum atomic E-state index is -0.424. The Balaban J connectivity index is 1.45. The summed E-state index contributed by atoms with van der Waals surface area (Å²) in [5.74, 6) is 0.297. The van der Waals surface area contributed by atoms with Crippen LogP contribution in [0.15, 0.2) is 72.0 Å². The number of amides is 1. The van der Waals surface area contributed by atoms with Gasteiger partial charge < -0.3 is 14.8 Å². The van der Waals surface area contributed by atoms with Crippen molar-refractivity contribution in [2.24, 2.45) is 0 Å². The van der Waals surface area contributed by atoms with Crippen molar-refractivity contribution in [2.75, 3.05) is 24.8 Å². The van der Waals surface area contributed by atoms with E-state index in [9.17, 15) is 9.59 Å². The molecule has 9 heteroatoms. The van der Waals surface area contributed by atoms with Crippen molar-refractivity contribution in [3.05, 3.63) is 72.6 Å². The molecular formula is C24H22N4O4S. The highest BCUT2D eigenvalue weighted by Gasteiger charge is 2.13. The molecule has 0 unspecified atom stereocenters. The quantitative estimate of drug-likeness (QED) is 0.308. The van der Waals surface area contributed by atoms with E-state index in [4.69, 9.17) is 9.47 Å². The number of benzene rings is 2. The summed E-state index contributed by atoms with van der Waals surface area (Å²) in [6.45, 7) is 2.04. The molecule has 0 fully saturated rings. The molecule has 33 heavy (non-hydrogen) atoms. The number of hydrogen-bond donors (Lipinski definition) is 1. The first-order valence-electron chi connectivity index (χ1n) is 10.3. The topological polar surface area (TPSA) is 94.8 Å². The molecule has 4 aromatic rings. The lowest BCUT2D eigenvalue weighted by Gasteiger charge is -2.07. The summed E-state index contributed by atoms with van der Waals surface area (Å²) in [5, 5.41) is 8.12. The Labute approximate surface area is 194 Å². The average Bonchev–Trinajstić information content (AvgIpc) is 3.28. The van der Waals surface area contributed by atoms with E-state index in [2.05, 4.69) is 15.4 Å². The van der Waals surface area contributed by atoms with E-state index in [1.807, 2.05) is 30.3 Å². The van der Waals surface area contributed by atoms with Gasteiger partial charge in [-0.25, -0.2) is 14.3 Å². The van der Waals surface area contributed by atoms with Gasteiger partial charge in [-0.2, -0.15) is 5.10 Å². The van der Waals surface area contributed by atoms with E-state index in [1.165, 1.54) is 11.8 Å². The third-order valence-electron chi connectivity index (χ3n) is 4.74. The van der Waals surface area contributed by atoms with Gasteiger partial charge in [0, 0.05) is 23.6 Å². The van der Waals surface area contributed by atoms with Crippen molar-refractivity contribution in [1.82, 2.24) is 14.6 Å². The number of thioether (sulfide) groups is 1. The molecule has 168 valence electrons.